The van der Waals surface area contributed by atoms with Crippen LogP contribution in [0.5, 0.6) is 0 Å². The summed E-state index contributed by atoms with van der Waals surface area (Å²) in [5.41, 5.74) is 2.70. The van der Waals surface area contributed by atoms with Crippen LogP contribution in [0.2, 0.25) is 0 Å². The van der Waals surface area contributed by atoms with Gasteiger partial charge in [-0.05, 0) is 37.8 Å². The quantitative estimate of drug-likeness (QED) is 0.714. The van der Waals surface area contributed by atoms with Crippen LogP contribution in [0.1, 0.15) is 37.8 Å². The maximum Gasteiger partial charge on any atom is 0.0835 e. The molecule has 0 unspecified atom stereocenters. The van der Waals surface area contributed by atoms with Crippen LogP contribution in [0.4, 0.5) is 0 Å². The normalized spacial score (nSPS) is 34.4. The minimum absolute atomic E-state index is 0.0722. The minimum Gasteiger partial charge on any atom is -0.386 e. The third kappa shape index (κ3) is 1.60. The summed E-state index contributed by atoms with van der Waals surface area (Å²) in [6.07, 6.45) is 1.78. The Kier molecular flexibility index (Phi) is 2.47. The van der Waals surface area contributed by atoms with Crippen molar-refractivity contribution in [3.05, 3.63) is 47.5 Å². The first-order chi connectivity index (χ1) is 7.36. The monoisotopic (exact) mass is 216 g/mol. The molecule has 1 fully saturated rings. The Bertz CT molecular complexity index is 414. The third-order valence-electron chi connectivity index (χ3n) is 4.12. The van der Waals surface area contributed by atoms with Crippen molar-refractivity contribution in [2.24, 2.45) is 0 Å². The molecule has 1 saturated carbocycles. The predicted octanol–water partition coefficient (Wildman–Crippen LogP) is 3.35. The third-order valence-corrected chi connectivity index (χ3v) is 4.12. The highest BCUT2D eigenvalue weighted by Gasteiger charge is 2.46. The van der Waals surface area contributed by atoms with Crippen molar-refractivity contribution in [1.82, 2.24) is 0 Å². The Morgan fingerprint density at radius 3 is 2.12 bits per heavy atom. The molecule has 16 heavy (non-hydrogen) atoms. The molecule has 0 aliphatic heterocycles. The van der Waals surface area contributed by atoms with E-state index in [-0.39, 0.29) is 5.41 Å². The molecule has 0 spiro atoms. The second-order valence-corrected chi connectivity index (χ2v) is 5.45. The molecule has 0 heterocycles. The summed E-state index contributed by atoms with van der Waals surface area (Å²) in [7, 11) is 0. The first-order valence-corrected chi connectivity index (χ1v) is 5.86. The summed E-state index contributed by atoms with van der Waals surface area (Å²) in [5, 5.41) is 10.2. The van der Waals surface area contributed by atoms with Gasteiger partial charge in [-0.25, -0.2) is 0 Å². The maximum absolute atomic E-state index is 10.2. The van der Waals surface area contributed by atoms with Gasteiger partial charge in [0.15, 0.2) is 0 Å². The van der Waals surface area contributed by atoms with E-state index >= 15 is 0 Å². The van der Waals surface area contributed by atoms with Crippen LogP contribution in [0.15, 0.2) is 36.4 Å². The van der Waals surface area contributed by atoms with Crippen molar-refractivity contribution in [3.63, 3.8) is 0 Å². The lowest BCUT2D eigenvalue weighted by Gasteiger charge is -2.30. The Morgan fingerprint density at radius 1 is 1.12 bits per heavy atom. The van der Waals surface area contributed by atoms with E-state index in [4.69, 9.17) is 0 Å². The molecule has 1 nitrogen and oxygen atoms in total. The fourth-order valence-electron chi connectivity index (χ4n) is 2.63. The molecule has 0 amide bonds. The van der Waals surface area contributed by atoms with E-state index in [0.29, 0.717) is 0 Å². The van der Waals surface area contributed by atoms with Crippen molar-refractivity contribution in [3.8, 4) is 0 Å². The summed E-state index contributed by atoms with van der Waals surface area (Å²) >= 11 is 0. The minimum atomic E-state index is -0.709. The molecule has 86 valence electrons. The molecule has 0 aromatic heterocycles. The molecule has 1 aromatic rings. The zero-order valence-corrected chi connectivity index (χ0v) is 10.4. The van der Waals surface area contributed by atoms with Crippen LogP contribution < -0.4 is 0 Å². The number of benzene rings is 1. The van der Waals surface area contributed by atoms with Crippen LogP contribution in [0.25, 0.3) is 0 Å². The number of hydrogen-bond acceptors (Lipinski definition) is 1. The second-order valence-electron chi connectivity index (χ2n) is 5.45. The van der Waals surface area contributed by atoms with Gasteiger partial charge in [0, 0.05) is 5.41 Å². The number of hydrogen-bond donors (Lipinski definition) is 1. The Hall–Kier alpha value is -1.08. The summed E-state index contributed by atoms with van der Waals surface area (Å²) in [4.78, 5) is 0. The molecule has 2 atom stereocenters. The van der Waals surface area contributed by atoms with Crippen molar-refractivity contribution >= 4 is 0 Å². The van der Waals surface area contributed by atoms with Crippen molar-refractivity contribution in [2.45, 2.75) is 44.6 Å². The maximum atomic E-state index is 10.2. The zero-order chi connectivity index (χ0) is 12.0. The standard InChI is InChI=1S/C15H20O/c1-11-5-7-13(8-6-11)14(3)9-10-15(4,16)12(14)2/h5-8,16H,2,9-10H2,1,3-4H3/t14-,15+/m0/s1. The number of rotatable bonds is 1. The number of aryl methyl sites for hydroxylation is 1. The lowest BCUT2D eigenvalue weighted by molar-refractivity contribution is 0.105. The van der Waals surface area contributed by atoms with E-state index in [2.05, 4.69) is 44.7 Å². The molecule has 1 N–H and O–H groups in total. The summed E-state index contributed by atoms with van der Waals surface area (Å²) < 4.78 is 0. The van der Waals surface area contributed by atoms with Gasteiger partial charge >= 0.3 is 0 Å². The molecule has 0 bridgehead atoms. The van der Waals surface area contributed by atoms with Gasteiger partial charge in [0.2, 0.25) is 0 Å². The first kappa shape index (κ1) is 11.4. The van der Waals surface area contributed by atoms with Crippen LogP contribution >= 0.6 is 0 Å². The highest BCUT2D eigenvalue weighted by molar-refractivity contribution is 5.42. The zero-order valence-electron chi connectivity index (χ0n) is 10.4. The van der Waals surface area contributed by atoms with E-state index < -0.39 is 5.60 Å². The molecule has 1 aliphatic rings. The highest BCUT2D eigenvalue weighted by Crippen LogP contribution is 2.49. The summed E-state index contributed by atoms with van der Waals surface area (Å²) in [6.45, 7) is 10.2. The Morgan fingerprint density at radius 2 is 1.69 bits per heavy atom. The molecule has 0 saturated heterocycles. The lowest BCUT2D eigenvalue weighted by Crippen LogP contribution is -2.28. The van der Waals surface area contributed by atoms with Gasteiger partial charge in [-0.2, -0.15) is 0 Å². The van der Waals surface area contributed by atoms with Crippen molar-refractivity contribution < 1.29 is 5.11 Å². The largest absolute Gasteiger partial charge is 0.386 e. The fourth-order valence-corrected chi connectivity index (χ4v) is 2.63. The van der Waals surface area contributed by atoms with Crippen LogP contribution in [0, 0.1) is 6.92 Å². The molecule has 1 heteroatoms. The smallest absolute Gasteiger partial charge is 0.0835 e. The molecular formula is C15H20O. The van der Waals surface area contributed by atoms with Gasteiger partial charge in [0.25, 0.3) is 0 Å². The topological polar surface area (TPSA) is 20.2 Å². The van der Waals surface area contributed by atoms with E-state index in [0.717, 1.165) is 18.4 Å². The van der Waals surface area contributed by atoms with E-state index in [9.17, 15) is 5.11 Å². The van der Waals surface area contributed by atoms with Crippen LogP contribution in [-0.2, 0) is 5.41 Å². The van der Waals surface area contributed by atoms with E-state index in [1.54, 1.807) is 0 Å². The molecular weight excluding hydrogens is 196 g/mol. The first-order valence-electron chi connectivity index (χ1n) is 5.86. The van der Waals surface area contributed by atoms with Crippen molar-refractivity contribution in [1.29, 1.82) is 0 Å². The van der Waals surface area contributed by atoms with Crippen LogP contribution in [-0.4, -0.2) is 10.7 Å². The van der Waals surface area contributed by atoms with Crippen molar-refractivity contribution in [2.75, 3.05) is 0 Å². The highest BCUT2D eigenvalue weighted by atomic mass is 16.3. The average Bonchev–Trinajstić information content (AvgIpc) is 2.45. The predicted molar refractivity (Wildman–Crippen MR) is 67.5 cm³/mol. The number of aliphatic hydroxyl groups is 1. The Labute approximate surface area is 97.8 Å². The van der Waals surface area contributed by atoms with E-state index in [1.807, 2.05) is 6.92 Å². The van der Waals surface area contributed by atoms with Gasteiger partial charge in [0.1, 0.15) is 0 Å². The van der Waals surface area contributed by atoms with E-state index in [1.165, 1.54) is 11.1 Å². The lowest BCUT2D eigenvalue weighted by atomic mass is 9.76. The second kappa shape index (κ2) is 3.46. The van der Waals surface area contributed by atoms with Gasteiger partial charge in [-0.1, -0.05) is 43.3 Å². The SMILES string of the molecule is C=C1[C@@](C)(c2ccc(C)cc2)CC[C@@]1(C)O. The summed E-state index contributed by atoms with van der Waals surface area (Å²) in [5.74, 6) is 0. The molecule has 2 rings (SSSR count). The average molecular weight is 216 g/mol. The summed E-state index contributed by atoms with van der Waals surface area (Å²) in [6, 6.07) is 8.56. The molecule has 1 aromatic carbocycles. The van der Waals surface area contributed by atoms with Gasteiger partial charge in [-0.15, -0.1) is 0 Å². The van der Waals surface area contributed by atoms with Gasteiger partial charge in [0.05, 0.1) is 5.60 Å². The van der Waals surface area contributed by atoms with Crippen LogP contribution in [0.3, 0.4) is 0 Å². The Balaban J connectivity index is 2.41. The van der Waals surface area contributed by atoms with Gasteiger partial charge < -0.3 is 5.11 Å². The molecule has 0 radical (unpaired) electrons. The van der Waals surface area contributed by atoms with Gasteiger partial charge in [-0.3, -0.25) is 0 Å². The molecule has 1 aliphatic carbocycles. The fraction of sp³-hybridized carbons (Fsp3) is 0.467.